The van der Waals surface area contributed by atoms with Crippen LogP contribution in [0.4, 0.5) is 0 Å². The molecule has 2 saturated carbocycles. The van der Waals surface area contributed by atoms with Crippen LogP contribution in [0, 0.1) is 17.3 Å². The molecule has 5 nitrogen and oxygen atoms in total. The second-order valence-corrected chi connectivity index (χ2v) is 4.84. The normalized spacial score (nSPS) is 37.3. The summed E-state index contributed by atoms with van der Waals surface area (Å²) in [4.78, 5) is 15.1. The topological polar surface area (TPSA) is 71.9 Å². The molecule has 5 heteroatoms. The highest BCUT2D eigenvalue weighted by Crippen LogP contribution is 2.69. The van der Waals surface area contributed by atoms with E-state index in [0.29, 0.717) is 5.92 Å². The summed E-state index contributed by atoms with van der Waals surface area (Å²) in [6, 6.07) is 0. The van der Waals surface area contributed by atoms with Crippen LogP contribution in [0.15, 0.2) is 12.2 Å². The van der Waals surface area contributed by atoms with Crippen LogP contribution >= 0.6 is 0 Å². The third-order valence-corrected chi connectivity index (χ3v) is 4.15. The molecule has 4 atom stereocenters. The molecule has 0 aromatic carbocycles. The highest BCUT2D eigenvalue weighted by atomic mass is 16.7. The van der Waals surface area contributed by atoms with Crippen LogP contribution in [0.2, 0.25) is 0 Å². The minimum atomic E-state index is -0.530. The van der Waals surface area contributed by atoms with E-state index >= 15 is 0 Å². The van der Waals surface area contributed by atoms with Gasteiger partial charge in [-0.3, -0.25) is 4.79 Å². The number of hydrogen-bond acceptors (Lipinski definition) is 3. The van der Waals surface area contributed by atoms with Crippen LogP contribution in [-0.4, -0.2) is 36.8 Å². The number of allylic oxidation sites excluding steroid dienone is 2. The monoisotopic (exact) mass is 250 g/mol. The lowest BCUT2D eigenvalue weighted by Crippen LogP contribution is -2.34. The number of ether oxygens (including phenoxy) is 2. The quantitative estimate of drug-likeness (QED) is 0.235. The van der Waals surface area contributed by atoms with E-state index in [0.717, 1.165) is 19.1 Å². The number of carbonyl (C=O) groups excluding carboxylic acids is 1. The van der Waals surface area contributed by atoms with Gasteiger partial charge in [0.25, 0.3) is 0 Å². The lowest BCUT2D eigenvalue weighted by molar-refractivity contribution is -0.134. The largest absolute Gasteiger partial charge is 0.361 e. The number of ketones is 1. The van der Waals surface area contributed by atoms with E-state index < -0.39 is 5.41 Å². The Labute approximate surface area is 106 Å². The Morgan fingerprint density at radius 1 is 1.56 bits per heavy atom. The lowest BCUT2D eigenvalue weighted by Gasteiger charge is -2.21. The number of fused-ring (bicyclic) bond motifs is 1. The summed E-state index contributed by atoms with van der Waals surface area (Å²) < 4.78 is 10.5. The van der Waals surface area contributed by atoms with Crippen molar-refractivity contribution in [3.05, 3.63) is 17.7 Å². The van der Waals surface area contributed by atoms with Crippen molar-refractivity contribution in [2.45, 2.75) is 25.9 Å². The zero-order valence-electron chi connectivity index (χ0n) is 10.7. The molecule has 0 saturated heterocycles. The van der Waals surface area contributed by atoms with E-state index in [-0.39, 0.29) is 24.6 Å². The summed E-state index contributed by atoms with van der Waals surface area (Å²) >= 11 is 0. The van der Waals surface area contributed by atoms with E-state index in [1.54, 1.807) is 7.11 Å². The van der Waals surface area contributed by atoms with Crippen molar-refractivity contribution in [2.75, 3.05) is 13.9 Å². The number of nitrogens with zero attached hydrogens (tertiary/aromatic N) is 2. The summed E-state index contributed by atoms with van der Waals surface area (Å²) in [5.41, 5.74) is 8.04. The second kappa shape index (κ2) is 5.14. The van der Waals surface area contributed by atoms with Gasteiger partial charge < -0.3 is 15.0 Å². The van der Waals surface area contributed by atoms with Crippen LogP contribution in [-0.2, 0) is 14.3 Å². The summed E-state index contributed by atoms with van der Waals surface area (Å²) in [5.74, 6) is 0.362. The molecular weight excluding hydrogens is 232 g/mol. The first-order valence-corrected chi connectivity index (χ1v) is 6.18. The fourth-order valence-corrected chi connectivity index (χ4v) is 3.50. The van der Waals surface area contributed by atoms with E-state index in [1.165, 1.54) is 0 Å². The van der Waals surface area contributed by atoms with E-state index in [2.05, 4.69) is 10.9 Å². The van der Waals surface area contributed by atoms with Gasteiger partial charge in [-0.05, 0) is 31.6 Å². The van der Waals surface area contributed by atoms with Gasteiger partial charge in [-0.1, -0.05) is 12.2 Å². The SMILES string of the molecule is C/C=C/[C@H]1[C@@H]2CC[C@H](OCOC)[C@]12C(=O)C=[N+]=[N-]. The number of Topliss-reactive ketones (excluding diaryl/α,β-unsaturated/α-hetero) is 1. The van der Waals surface area contributed by atoms with Crippen molar-refractivity contribution < 1.29 is 19.1 Å². The van der Waals surface area contributed by atoms with Crippen LogP contribution in [0.5, 0.6) is 0 Å². The van der Waals surface area contributed by atoms with Gasteiger partial charge in [-0.25, -0.2) is 0 Å². The average Bonchev–Trinajstić information content (AvgIpc) is 2.83. The number of methoxy groups -OCH3 is 1. The number of rotatable bonds is 6. The smallest absolute Gasteiger partial charge is 0.323 e. The van der Waals surface area contributed by atoms with Crippen LogP contribution < -0.4 is 0 Å². The molecule has 18 heavy (non-hydrogen) atoms. The van der Waals surface area contributed by atoms with Crippen molar-refractivity contribution >= 4 is 12.0 Å². The Hall–Kier alpha value is -1.29. The maximum Gasteiger partial charge on any atom is 0.323 e. The molecule has 0 aromatic rings. The van der Waals surface area contributed by atoms with Gasteiger partial charge >= 0.3 is 6.21 Å². The highest BCUT2D eigenvalue weighted by Gasteiger charge is 2.75. The molecule has 0 amide bonds. The predicted molar refractivity (Wildman–Crippen MR) is 64.9 cm³/mol. The summed E-state index contributed by atoms with van der Waals surface area (Å²) in [6.45, 7) is 2.13. The van der Waals surface area contributed by atoms with Gasteiger partial charge in [0.15, 0.2) is 0 Å². The van der Waals surface area contributed by atoms with Gasteiger partial charge in [0.2, 0.25) is 5.78 Å². The molecule has 0 radical (unpaired) electrons. The summed E-state index contributed by atoms with van der Waals surface area (Å²) in [6.07, 6.45) is 6.69. The third-order valence-electron chi connectivity index (χ3n) is 4.15. The van der Waals surface area contributed by atoms with Crippen molar-refractivity contribution in [2.24, 2.45) is 17.3 Å². The van der Waals surface area contributed by atoms with Gasteiger partial charge in [0.05, 0.1) is 11.5 Å². The molecule has 0 aromatic heterocycles. The van der Waals surface area contributed by atoms with E-state index in [1.807, 2.05) is 13.0 Å². The molecule has 2 aliphatic rings. The molecule has 0 aliphatic heterocycles. The summed E-state index contributed by atoms with van der Waals surface area (Å²) in [7, 11) is 1.56. The molecule has 0 heterocycles. The summed E-state index contributed by atoms with van der Waals surface area (Å²) in [5, 5.41) is 0. The van der Waals surface area contributed by atoms with Crippen molar-refractivity contribution in [3.63, 3.8) is 0 Å². The van der Waals surface area contributed by atoms with Crippen molar-refractivity contribution in [3.8, 4) is 0 Å². The average molecular weight is 250 g/mol. The standard InChI is InChI=1S/C13H18N2O3/c1-3-4-9-10-5-6-12(18-8-17-2)13(9,10)11(16)7-15-14/h3-4,7,9-10,12H,5-6,8H2,1-2H3/b4-3+/t9-,10-,12-,13+/m0/s1. The fourth-order valence-electron chi connectivity index (χ4n) is 3.50. The Morgan fingerprint density at radius 3 is 2.94 bits per heavy atom. The first-order chi connectivity index (χ1) is 8.73. The molecule has 0 spiro atoms. The molecule has 98 valence electrons. The van der Waals surface area contributed by atoms with Gasteiger partial charge in [0, 0.05) is 7.11 Å². The highest BCUT2D eigenvalue weighted by molar-refractivity contribution is 6.29. The van der Waals surface area contributed by atoms with Crippen LogP contribution in [0.25, 0.3) is 5.53 Å². The molecular formula is C13H18N2O3. The zero-order valence-corrected chi connectivity index (χ0v) is 10.7. The Kier molecular flexibility index (Phi) is 3.76. The molecule has 0 N–H and O–H groups in total. The van der Waals surface area contributed by atoms with Gasteiger partial charge in [-0.15, -0.1) is 0 Å². The third kappa shape index (κ3) is 1.75. The fraction of sp³-hybridized carbons (Fsp3) is 0.692. The van der Waals surface area contributed by atoms with Crippen molar-refractivity contribution in [1.29, 1.82) is 0 Å². The number of carbonyl (C=O) groups is 1. The first kappa shape index (κ1) is 13.1. The first-order valence-electron chi connectivity index (χ1n) is 6.18. The Bertz CT molecular complexity index is 414. The van der Waals surface area contributed by atoms with E-state index in [4.69, 9.17) is 15.0 Å². The minimum Gasteiger partial charge on any atom is -0.361 e. The van der Waals surface area contributed by atoms with Gasteiger partial charge in [-0.2, -0.15) is 4.79 Å². The number of hydrogen-bond donors (Lipinski definition) is 0. The predicted octanol–water partition coefficient (Wildman–Crippen LogP) is 1.45. The minimum absolute atomic E-state index is 0.142. The van der Waals surface area contributed by atoms with Crippen molar-refractivity contribution in [1.82, 2.24) is 0 Å². The molecule has 0 bridgehead atoms. The zero-order chi connectivity index (χ0) is 13.2. The maximum absolute atomic E-state index is 12.2. The Balaban J connectivity index is 2.23. The van der Waals surface area contributed by atoms with Gasteiger partial charge in [0.1, 0.15) is 6.79 Å². The second-order valence-electron chi connectivity index (χ2n) is 4.84. The molecule has 0 unspecified atom stereocenters. The molecule has 2 aliphatic carbocycles. The Morgan fingerprint density at radius 2 is 2.33 bits per heavy atom. The molecule has 2 fully saturated rings. The maximum atomic E-state index is 12.2. The lowest BCUT2D eigenvalue weighted by atomic mass is 9.91. The van der Waals surface area contributed by atoms with Crippen LogP contribution in [0.3, 0.4) is 0 Å². The molecule has 2 rings (SSSR count). The van der Waals surface area contributed by atoms with E-state index in [9.17, 15) is 4.79 Å². The van der Waals surface area contributed by atoms with Crippen LogP contribution in [0.1, 0.15) is 19.8 Å².